The minimum Gasteiger partial charge on any atom is -0.391 e. The largest absolute Gasteiger partial charge is 0.416 e. The highest BCUT2D eigenvalue weighted by Gasteiger charge is 2.33. The van der Waals surface area contributed by atoms with Crippen molar-refractivity contribution >= 4 is 15.9 Å². The summed E-state index contributed by atoms with van der Waals surface area (Å²) in [6, 6.07) is 3.63. The van der Waals surface area contributed by atoms with E-state index in [1.165, 1.54) is 4.90 Å². The van der Waals surface area contributed by atoms with Crippen LogP contribution >= 0.6 is 0 Å². The number of amides is 1. The van der Waals surface area contributed by atoms with Gasteiger partial charge in [-0.25, -0.2) is 8.42 Å². The van der Waals surface area contributed by atoms with E-state index >= 15 is 0 Å². The first kappa shape index (κ1) is 22.5. The molecule has 0 saturated carbocycles. The maximum atomic E-state index is 12.9. The summed E-state index contributed by atoms with van der Waals surface area (Å²) in [5.74, 6) is -0.274. The molecule has 2 heterocycles. The van der Waals surface area contributed by atoms with Crippen LogP contribution in [0, 0.1) is 0 Å². The number of hydroxylamine groups is 1. The quantitative estimate of drug-likeness (QED) is 0.631. The van der Waals surface area contributed by atoms with E-state index in [9.17, 15) is 31.5 Å². The van der Waals surface area contributed by atoms with Crippen LogP contribution in [-0.2, 0) is 25.8 Å². The summed E-state index contributed by atoms with van der Waals surface area (Å²) in [6.45, 7) is 0.502. The van der Waals surface area contributed by atoms with E-state index < -0.39 is 32.8 Å². The van der Waals surface area contributed by atoms with Crippen LogP contribution < -0.4 is 5.48 Å². The van der Waals surface area contributed by atoms with Gasteiger partial charge in [-0.1, -0.05) is 6.07 Å². The number of hydrogen-bond acceptors (Lipinski definition) is 6. The summed E-state index contributed by atoms with van der Waals surface area (Å²) in [4.78, 5) is 18.2. The summed E-state index contributed by atoms with van der Waals surface area (Å²) in [5.41, 5.74) is 2.15. The van der Waals surface area contributed by atoms with Crippen LogP contribution in [0.5, 0.6) is 0 Å². The molecule has 30 heavy (non-hydrogen) atoms. The predicted molar refractivity (Wildman–Crippen MR) is 99.2 cm³/mol. The molecule has 3 rings (SSSR count). The van der Waals surface area contributed by atoms with Gasteiger partial charge in [0.1, 0.15) is 0 Å². The van der Waals surface area contributed by atoms with E-state index in [1.54, 1.807) is 6.08 Å². The van der Waals surface area contributed by atoms with Crippen molar-refractivity contribution in [3.8, 4) is 0 Å². The molecular weight excluding hydrogens is 427 g/mol. The minimum absolute atomic E-state index is 0.0451. The van der Waals surface area contributed by atoms with Crippen molar-refractivity contribution < 1.29 is 36.3 Å². The van der Waals surface area contributed by atoms with Crippen molar-refractivity contribution in [2.75, 3.05) is 32.8 Å². The number of rotatable bonds is 6. The van der Waals surface area contributed by atoms with Gasteiger partial charge in [0.2, 0.25) is 10.0 Å². The standard InChI is InChI=1S/C18H22F3N3O5S/c19-18(20,21)13-2-1-3-16(10-13)30(27,28)24-8-4-14(5-9-24)22-29-12-17(26)23-7-6-15(25)11-23/h1-4,10,15,22,25H,5-9,11-12H2. The lowest BCUT2D eigenvalue weighted by molar-refractivity contribution is -0.138. The first-order valence-electron chi connectivity index (χ1n) is 9.27. The Morgan fingerprint density at radius 3 is 2.67 bits per heavy atom. The van der Waals surface area contributed by atoms with Gasteiger partial charge in [0, 0.05) is 38.3 Å². The van der Waals surface area contributed by atoms with Crippen molar-refractivity contribution in [1.29, 1.82) is 0 Å². The van der Waals surface area contributed by atoms with Gasteiger partial charge in [-0.2, -0.15) is 17.5 Å². The molecule has 1 amide bonds. The number of carbonyl (C=O) groups is 1. The normalized spacial score (nSPS) is 20.9. The van der Waals surface area contributed by atoms with E-state index in [-0.39, 0.29) is 38.6 Å². The first-order valence-corrected chi connectivity index (χ1v) is 10.7. The number of sulfonamides is 1. The fourth-order valence-electron chi connectivity index (χ4n) is 3.19. The summed E-state index contributed by atoms with van der Waals surface area (Å²) in [6.07, 6.45) is -2.84. The summed E-state index contributed by atoms with van der Waals surface area (Å²) in [5, 5.41) is 9.44. The number of nitrogens with zero attached hydrogens (tertiary/aromatic N) is 2. The van der Waals surface area contributed by atoms with Crippen molar-refractivity contribution in [2.24, 2.45) is 0 Å². The number of likely N-dealkylation sites (tertiary alicyclic amines) is 1. The SMILES string of the molecule is O=C(CONC1=CCN(S(=O)(=O)c2cccc(C(F)(F)F)c2)CC1)N1CCC(O)C1. The highest BCUT2D eigenvalue weighted by atomic mass is 32.2. The van der Waals surface area contributed by atoms with Gasteiger partial charge in [0.15, 0.2) is 6.61 Å². The molecule has 1 unspecified atom stereocenters. The molecule has 1 aromatic carbocycles. The molecular formula is C18H22F3N3O5S. The number of nitrogens with one attached hydrogen (secondary N) is 1. The van der Waals surface area contributed by atoms with Crippen molar-refractivity contribution in [1.82, 2.24) is 14.7 Å². The molecule has 0 radical (unpaired) electrons. The Bertz CT molecular complexity index is 920. The molecule has 1 aromatic rings. The fourth-order valence-corrected chi connectivity index (χ4v) is 4.62. The molecule has 8 nitrogen and oxygen atoms in total. The maximum Gasteiger partial charge on any atom is 0.416 e. The Morgan fingerprint density at radius 2 is 2.07 bits per heavy atom. The monoisotopic (exact) mass is 449 g/mol. The summed E-state index contributed by atoms with van der Waals surface area (Å²) >= 11 is 0. The molecule has 2 N–H and O–H groups in total. The molecule has 1 fully saturated rings. The lowest BCUT2D eigenvalue weighted by Crippen LogP contribution is -2.38. The number of β-amino-alcohol motifs (C(OH)–C–C–N with tert-alkyl or cyclic N) is 1. The summed E-state index contributed by atoms with van der Waals surface area (Å²) in [7, 11) is -4.08. The smallest absolute Gasteiger partial charge is 0.391 e. The maximum absolute atomic E-state index is 12.9. The molecule has 0 spiro atoms. The zero-order chi connectivity index (χ0) is 21.9. The molecule has 2 aliphatic heterocycles. The average Bonchev–Trinajstić information content (AvgIpc) is 3.14. The van der Waals surface area contributed by atoms with Crippen molar-refractivity contribution in [3.05, 3.63) is 41.6 Å². The number of aliphatic hydroxyl groups excluding tert-OH is 1. The van der Waals surface area contributed by atoms with Gasteiger partial charge in [-0.15, -0.1) is 0 Å². The van der Waals surface area contributed by atoms with E-state index in [0.29, 0.717) is 24.7 Å². The van der Waals surface area contributed by atoms with Crippen LogP contribution in [0.15, 0.2) is 40.9 Å². The van der Waals surface area contributed by atoms with E-state index in [2.05, 4.69) is 5.48 Å². The van der Waals surface area contributed by atoms with E-state index in [4.69, 9.17) is 4.84 Å². The Kier molecular flexibility index (Phi) is 6.70. The third kappa shape index (κ3) is 5.31. The molecule has 1 saturated heterocycles. The predicted octanol–water partition coefficient (Wildman–Crippen LogP) is 1.10. The first-order chi connectivity index (χ1) is 14.1. The topological polar surface area (TPSA) is 99.2 Å². The molecule has 12 heteroatoms. The third-order valence-electron chi connectivity index (χ3n) is 4.89. The molecule has 2 aliphatic rings. The third-order valence-corrected chi connectivity index (χ3v) is 6.75. The minimum atomic E-state index is -4.63. The van der Waals surface area contributed by atoms with Gasteiger partial charge in [-0.3, -0.25) is 15.1 Å². The second-order valence-corrected chi connectivity index (χ2v) is 8.98. The van der Waals surface area contributed by atoms with Crippen LogP contribution in [0.3, 0.4) is 0 Å². The van der Waals surface area contributed by atoms with Crippen LogP contribution in [0.2, 0.25) is 0 Å². The number of alkyl halides is 3. The highest BCUT2D eigenvalue weighted by molar-refractivity contribution is 7.89. The Balaban J connectivity index is 1.54. The van der Waals surface area contributed by atoms with Crippen LogP contribution in [0.1, 0.15) is 18.4 Å². The van der Waals surface area contributed by atoms with Gasteiger partial charge < -0.3 is 10.0 Å². The molecule has 0 bridgehead atoms. The highest BCUT2D eigenvalue weighted by Crippen LogP contribution is 2.31. The van der Waals surface area contributed by atoms with Crippen LogP contribution in [-0.4, -0.2) is 67.5 Å². The average molecular weight is 449 g/mol. The zero-order valence-electron chi connectivity index (χ0n) is 15.9. The Hall–Kier alpha value is -2.15. The zero-order valence-corrected chi connectivity index (χ0v) is 16.7. The van der Waals surface area contributed by atoms with Crippen LogP contribution in [0.4, 0.5) is 13.2 Å². The van der Waals surface area contributed by atoms with Gasteiger partial charge in [0.05, 0.1) is 16.6 Å². The number of halogens is 3. The molecule has 0 aromatic heterocycles. The second kappa shape index (κ2) is 8.92. The van der Waals surface area contributed by atoms with Crippen molar-refractivity contribution in [2.45, 2.75) is 30.0 Å². The van der Waals surface area contributed by atoms with Crippen LogP contribution in [0.25, 0.3) is 0 Å². The Morgan fingerprint density at radius 1 is 1.30 bits per heavy atom. The molecule has 1 atom stereocenters. The number of hydrogen-bond donors (Lipinski definition) is 2. The summed E-state index contributed by atoms with van der Waals surface area (Å²) < 4.78 is 65.0. The number of carbonyl (C=O) groups excluding carboxylic acids is 1. The van der Waals surface area contributed by atoms with Crippen molar-refractivity contribution in [3.63, 3.8) is 0 Å². The molecule has 0 aliphatic carbocycles. The van der Waals surface area contributed by atoms with E-state index in [1.807, 2.05) is 0 Å². The molecule has 166 valence electrons. The van der Waals surface area contributed by atoms with Gasteiger partial charge >= 0.3 is 6.18 Å². The van der Waals surface area contributed by atoms with Gasteiger partial charge in [0.25, 0.3) is 5.91 Å². The van der Waals surface area contributed by atoms with E-state index in [0.717, 1.165) is 22.5 Å². The fraction of sp³-hybridized carbons (Fsp3) is 0.500. The number of aliphatic hydroxyl groups is 1. The lowest BCUT2D eigenvalue weighted by atomic mass is 10.2. The number of benzene rings is 1. The second-order valence-electron chi connectivity index (χ2n) is 7.04. The lowest BCUT2D eigenvalue weighted by Gasteiger charge is -2.26. The Labute approximate surface area is 171 Å². The van der Waals surface area contributed by atoms with Gasteiger partial charge in [-0.05, 0) is 30.7 Å².